The van der Waals surface area contributed by atoms with Crippen molar-refractivity contribution in [2.75, 3.05) is 5.75 Å². The van der Waals surface area contributed by atoms with Crippen LogP contribution in [0.1, 0.15) is 40.5 Å². The van der Waals surface area contributed by atoms with Gasteiger partial charge >= 0.3 is 0 Å². The van der Waals surface area contributed by atoms with Crippen molar-refractivity contribution < 1.29 is 0 Å². The second-order valence-electron chi connectivity index (χ2n) is 3.19. The Morgan fingerprint density at radius 3 is 2.25 bits per heavy atom. The van der Waals surface area contributed by atoms with Crippen molar-refractivity contribution in [3.8, 4) is 0 Å². The molecule has 2 heteroatoms. The fourth-order valence-corrected chi connectivity index (χ4v) is 2.00. The largest absolute Gasteiger partial charge is 0.115 e. The second-order valence-corrected chi connectivity index (χ2v) is 5.01. The van der Waals surface area contributed by atoms with Crippen LogP contribution in [-0.4, -0.2) is 9.95 Å². The number of hydrogen-bond donors (Lipinski definition) is 0. The van der Waals surface area contributed by atoms with Crippen molar-refractivity contribution in [3.63, 3.8) is 0 Å². The van der Waals surface area contributed by atoms with Gasteiger partial charge in [-0.1, -0.05) is 36.7 Å². The van der Waals surface area contributed by atoms with Gasteiger partial charge in [0.25, 0.3) is 0 Å². The van der Waals surface area contributed by atoms with E-state index in [1.54, 1.807) is 0 Å². The third-order valence-electron chi connectivity index (χ3n) is 1.76. The minimum atomic E-state index is 1.07. The molecule has 0 aliphatic carbocycles. The highest BCUT2D eigenvalue weighted by Gasteiger charge is 1.97. The third-order valence-corrected chi connectivity index (χ3v) is 3.42. The lowest BCUT2D eigenvalue weighted by Gasteiger charge is -2.03. The minimum absolute atomic E-state index is 1.07. The molecule has 0 saturated heterocycles. The highest BCUT2D eigenvalue weighted by atomic mass is 32.2. The van der Waals surface area contributed by atoms with Crippen molar-refractivity contribution in [1.29, 1.82) is 0 Å². The van der Waals surface area contributed by atoms with E-state index in [1.807, 2.05) is 11.8 Å². The Labute approximate surface area is 85.8 Å². The van der Waals surface area contributed by atoms with Crippen LogP contribution in [0.2, 0.25) is 0 Å². The van der Waals surface area contributed by atoms with Crippen LogP contribution in [0.4, 0.5) is 0 Å². The number of hydrogen-bond acceptors (Lipinski definition) is 2. The summed E-state index contributed by atoms with van der Waals surface area (Å²) >= 11 is 7.01. The molecule has 0 bridgehead atoms. The molecule has 0 atom stereocenters. The Morgan fingerprint density at radius 2 is 1.83 bits per heavy atom. The van der Waals surface area contributed by atoms with Gasteiger partial charge in [0.2, 0.25) is 0 Å². The van der Waals surface area contributed by atoms with E-state index in [0.29, 0.717) is 0 Å². The van der Waals surface area contributed by atoms with Crippen LogP contribution >= 0.6 is 24.0 Å². The SMILES string of the molecule is CCCC(=S)SCC(C)=C(C)C. The smallest absolute Gasteiger partial charge is 0.0481 e. The Balaban J connectivity index is 3.69. The molecule has 0 amide bonds. The zero-order valence-electron chi connectivity index (χ0n) is 8.44. The Hall–Kier alpha value is 0.180. The normalized spacial score (nSPS) is 9.67. The third kappa shape index (κ3) is 5.78. The molecule has 0 aliphatic heterocycles. The molecule has 70 valence electrons. The van der Waals surface area contributed by atoms with Crippen LogP contribution in [-0.2, 0) is 0 Å². The standard InChI is InChI=1S/C10H18S2/c1-5-6-10(11)12-7-9(4)8(2)3/h5-7H2,1-4H3. The van der Waals surface area contributed by atoms with Crippen LogP contribution in [0.3, 0.4) is 0 Å². The first-order chi connectivity index (χ1) is 5.57. The molecule has 0 spiro atoms. The van der Waals surface area contributed by atoms with E-state index in [-0.39, 0.29) is 0 Å². The van der Waals surface area contributed by atoms with Crippen LogP contribution < -0.4 is 0 Å². The molecular weight excluding hydrogens is 184 g/mol. The van der Waals surface area contributed by atoms with Crippen molar-refractivity contribution >= 4 is 28.2 Å². The van der Waals surface area contributed by atoms with Gasteiger partial charge in [-0.3, -0.25) is 0 Å². The van der Waals surface area contributed by atoms with E-state index in [9.17, 15) is 0 Å². The summed E-state index contributed by atoms with van der Waals surface area (Å²) in [6.45, 7) is 8.65. The summed E-state index contributed by atoms with van der Waals surface area (Å²) < 4.78 is 1.15. The lowest BCUT2D eigenvalue weighted by atomic mass is 10.2. The average Bonchev–Trinajstić information content (AvgIpc) is 2.00. The van der Waals surface area contributed by atoms with Crippen molar-refractivity contribution in [1.82, 2.24) is 0 Å². The fourth-order valence-electron chi connectivity index (χ4n) is 0.609. The first-order valence-corrected chi connectivity index (χ1v) is 5.75. The van der Waals surface area contributed by atoms with Gasteiger partial charge < -0.3 is 0 Å². The van der Waals surface area contributed by atoms with Gasteiger partial charge in [-0.25, -0.2) is 0 Å². The van der Waals surface area contributed by atoms with Crippen LogP contribution in [0.15, 0.2) is 11.1 Å². The van der Waals surface area contributed by atoms with E-state index in [0.717, 1.165) is 16.4 Å². The van der Waals surface area contributed by atoms with Gasteiger partial charge in [0, 0.05) is 9.95 Å². The summed E-state index contributed by atoms with van der Waals surface area (Å²) in [6.07, 6.45) is 2.25. The Bertz CT molecular complexity index is 176. The molecule has 0 aromatic rings. The molecule has 0 fully saturated rings. The lowest BCUT2D eigenvalue weighted by Crippen LogP contribution is -1.91. The summed E-state index contributed by atoms with van der Waals surface area (Å²) in [5.74, 6) is 1.07. The predicted octanol–water partition coefficient (Wildman–Crippen LogP) is 4.20. The molecule has 0 nitrogen and oxygen atoms in total. The average molecular weight is 202 g/mol. The monoisotopic (exact) mass is 202 g/mol. The maximum absolute atomic E-state index is 5.20. The summed E-state index contributed by atoms with van der Waals surface area (Å²) in [5, 5.41) is 0. The van der Waals surface area contributed by atoms with Gasteiger partial charge in [0.1, 0.15) is 0 Å². The summed E-state index contributed by atoms with van der Waals surface area (Å²) in [6, 6.07) is 0. The van der Waals surface area contributed by atoms with E-state index >= 15 is 0 Å². The molecule has 0 aliphatic rings. The maximum Gasteiger partial charge on any atom is 0.0481 e. The number of thioether (sulfide) groups is 1. The zero-order chi connectivity index (χ0) is 9.56. The fraction of sp³-hybridized carbons (Fsp3) is 0.700. The van der Waals surface area contributed by atoms with E-state index < -0.39 is 0 Å². The Kier molecular flexibility index (Phi) is 6.77. The van der Waals surface area contributed by atoms with Gasteiger partial charge in [0.05, 0.1) is 0 Å². The van der Waals surface area contributed by atoms with Gasteiger partial charge in [-0.05, 0) is 27.2 Å². The maximum atomic E-state index is 5.20. The number of thiocarbonyl (C=S) groups is 1. The number of allylic oxidation sites excluding steroid dienone is 1. The van der Waals surface area contributed by atoms with Gasteiger partial charge in [-0.15, -0.1) is 11.8 Å². The number of rotatable bonds is 4. The molecule has 0 heterocycles. The molecule has 0 aromatic heterocycles. The predicted molar refractivity (Wildman–Crippen MR) is 64.0 cm³/mol. The van der Waals surface area contributed by atoms with Crippen LogP contribution in [0.5, 0.6) is 0 Å². The van der Waals surface area contributed by atoms with Gasteiger partial charge in [-0.2, -0.15) is 0 Å². The molecule has 12 heavy (non-hydrogen) atoms. The van der Waals surface area contributed by atoms with Crippen LogP contribution in [0, 0.1) is 0 Å². The quantitative estimate of drug-likeness (QED) is 0.495. The summed E-state index contributed by atoms with van der Waals surface area (Å²) in [4.78, 5) is 0. The molecule has 0 unspecified atom stereocenters. The first kappa shape index (κ1) is 12.2. The van der Waals surface area contributed by atoms with Gasteiger partial charge in [0.15, 0.2) is 0 Å². The summed E-state index contributed by atoms with van der Waals surface area (Å²) in [5.41, 5.74) is 2.88. The first-order valence-electron chi connectivity index (χ1n) is 4.36. The second kappa shape index (κ2) is 6.67. The zero-order valence-corrected chi connectivity index (χ0v) is 10.1. The molecule has 0 rings (SSSR count). The minimum Gasteiger partial charge on any atom is -0.115 e. The molecule has 0 saturated carbocycles. The van der Waals surface area contributed by atoms with Crippen molar-refractivity contribution in [3.05, 3.63) is 11.1 Å². The van der Waals surface area contributed by atoms with Crippen LogP contribution in [0.25, 0.3) is 0 Å². The van der Waals surface area contributed by atoms with Crippen molar-refractivity contribution in [2.45, 2.75) is 40.5 Å². The molecular formula is C10H18S2. The van der Waals surface area contributed by atoms with E-state index in [2.05, 4.69) is 27.7 Å². The Morgan fingerprint density at radius 1 is 1.25 bits per heavy atom. The topological polar surface area (TPSA) is 0 Å². The van der Waals surface area contributed by atoms with E-state index in [4.69, 9.17) is 12.2 Å². The molecule has 0 aromatic carbocycles. The lowest BCUT2D eigenvalue weighted by molar-refractivity contribution is 1.01. The highest BCUT2D eigenvalue weighted by molar-refractivity contribution is 8.23. The molecule has 0 N–H and O–H groups in total. The van der Waals surface area contributed by atoms with E-state index in [1.165, 1.54) is 17.6 Å². The highest BCUT2D eigenvalue weighted by Crippen LogP contribution is 2.15. The molecule has 0 radical (unpaired) electrons. The summed E-state index contributed by atoms with van der Waals surface area (Å²) in [7, 11) is 0. The van der Waals surface area contributed by atoms with Crippen molar-refractivity contribution in [2.24, 2.45) is 0 Å².